The summed E-state index contributed by atoms with van der Waals surface area (Å²) in [6, 6.07) is 16.0. The van der Waals surface area contributed by atoms with Crippen LogP contribution in [-0.4, -0.2) is 0 Å². The summed E-state index contributed by atoms with van der Waals surface area (Å²) in [7, 11) is -1.36. The Morgan fingerprint density at radius 1 is 0.400 bits per heavy atom. The highest BCUT2D eigenvalue weighted by atomic mass is 35.5. The maximum atomic E-state index is 6.49. The van der Waals surface area contributed by atoms with E-state index in [9.17, 15) is 0 Å². The SMILES string of the molecule is Clc1cccc(Cl)c1P(c1c(Cl)cccc1Cl)c1c(Cl)cccc1Cl. The summed E-state index contributed by atoms with van der Waals surface area (Å²) >= 11 is 39.0. The summed E-state index contributed by atoms with van der Waals surface area (Å²) in [6.07, 6.45) is 0. The van der Waals surface area contributed by atoms with Crippen LogP contribution in [-0.2, 0) is 0 Å². The number of hydrogen-bond donors (Lipinski definition) is 0. The van der Waals surface area contributed by atoms with Crippen molar-refractivity contribution < 1.29 is 0 Å². The van der Waals surface area contributed by atoms with Gasteiger partial charge in [-0.2, -0.15) is 0 Å². The van der Waals surface area contributed by atoms with Crippen molar-refractivity contribution in [2.75, 3.05) is 0 Å². The fourth-order valence-corrected chi connectivity index (χ4v) is 7.56. The van der Waals surface area contributed by atoms with Gasteiger partial charge in [-0.15, -0.1) is 0 Å². The maximum Gasteiger partial charge on any atom is 0.0504 e. The minimum atomic E-state index is -1.36. The van der Waals surface area contributed by atoms with E-state index in [2.05, 4.69) is 0 Å². The Morgan fingerprint density at radius 3 is 0.800 bits per heavy atom. The predicted octanol–water partition coefficient (Wildman–Crippen LogP) is 7.37. The average molecular weight is 469 g/mol. The van der Waals surface area contributed by atoms with Crippen LogP contribution in [0.1, 0.15) is 0 Å². The van der Waals surface area contributed by atoms with Gasteiger partial charge in [0.2, 0.25) is 0 Å². The molecule has 0 aromatic heterocycles. The molecule has 25 heavy (non-hydrogen) atoms. The number of hydrogen-bond acceptors (Lipinski definition) is 0. The van der Waals surface area contributed by atoms with Gasteiger partial charge in [-0.25, -0.2) is 0 Å². The van der Waals surface area contributed by atoms with Crippen LogP contribution in [0.25, 0.3) is 0 Å². The molecule has 0 heterocycles. The third-order valence-electron chi connectivity index (χ3n) is 3.48. The van der Waals surface area contributed by atoms with E-state index in [1.807, 2.05) is 0 Å². The highest BCUT2D eigenvalue weighted by Gasteiger charge is 2.29. The van der Waals surface area contributed by atoms with Crippen LogP contribution in [0.3, 0.4) is 0 Å². The lowest BCUT2D eigenvalue weighted by Gasteiger charge is -2.25. The van der Waals surface area contributed by atoms with Crippen LogP contribution in [0.15, 0.2) is 54.6 Å². The second kappa shape index (κ2) is 8.24. The zero-order chi connectivity index (χ0) is 18.1. The Labute approximate surface area is 177 Å². The summed E-state index contributed by atoms with van der Waals surface area (Å²) in [5.41, 5.74) is 0. The molecule has 0 saturated carbocycles. The Hall–Kier alpha value is -0.170. The fraction of sp³-hybridized carbons (Fsp3) is 0. The summed E-state index contributed by atoms with van der Waals surface area (Å²) in [5.74, 6) is 0. The Balaban J connectivity index is 2.42. The minimum Gasteiger partial charge on any atom is -0.0836 e. The molecule has 0 amide bonds. The van der Waals surface area contributed by atoms with E-state index in [4.69, 9.17) is 69.6 Å². The first-order valence-electron chi connectivity index (χ1n) is 7.04. The van der Waals surface area contributed by atoms with Crippen LogP contribution in [0.2, 0.25) is 30.1 Å². The lowest BCUT2D eigenvalue weighted by Crippen LogP contribution is -2.25. The quantitative estimate of drug-likeness (QED) is 0.352. The molecule has 0 aliphatic rings. The van der Waals surface area contributed by atoms with Gasteiger partial charge in [0.1, 0.15) is 0 Å². The molecular weight excluding hydrogens is 460 g/mol. The summed E-state index contributed by atoms with van der Waals surface area (Å²) < 4.78 is 0. The Morgan fingerprint density at radius 2 is 0.600 bits per heavy atom. The highest BCUT2D eigenvalue weighted by molar-refractivity contribution is 7.81. The van der Waals surface area contributed by atoms with Gasteiger partial charge in [0, 0.05) is 15.9 Å². The smallest absolute Gasteiger partial charge is 0.0504 e. The molecule has 0 saturated heterocycles. The molecule has 0 spiro atoms. The molecule has 0 N–H and O–H groups in total. The number of benzene rings is 3. The van der Waals surface area contributed by atoms with Crippen molar-refractivity contribution in [3.05, 3.63) is 84.7 Å². The van der Waals surface area contributed by atoms with E-state index in [0.29, 0.717) is 46.0 Å². The van der Waals surface area contributed by atoms with Crippen LogP contribution in [0, 0.1) is 0 Å². The summed E-state index contributed by atoms with van der Waals surface area (Å²) in [5, 5.41) is 5.17. The van der Waals surface area contributed by atoms with E-state index in [-0.39, 0.29) is 0 Å². The topological polar surface area (TPSA) is 0 Å². The van der Waals surface area contributed by atoms with Crippen LogP contribution in [0.5, 0.6) is 0 Å². The van der Waals surface area contributed by atoms with Crippen molar-refractivity contribution in [2.45, 2.75) is 0 Å². The van der Waals surface area contributed by atoms with Crippen LogP contribution in [0.4, 0.5) is 0 Å². The largest absolute Gasteiger partial charge is 0.0836 e. The Kier molecular flexibility index (Phi) is 6.45. The molecule has 0 unspecified atom stereocenters. The van der Waals surface area contributed by atoms with Crippen molar-refractivity contribution in [2.24, 2.45) is 0 Å². The van der Waals surface area contributed by atoms with Gasteiger partial charge in [0.25, 0.3) is 0 Å². The van der Waals surface area contributed by atoms with Crippen molar-refractivity contribution in [3.8, 4) is 0 Å². The molecule has 7 heteroatoms. The van der Waals surface area contributed by atoms with Crippen LogP contribution < -0.4 is 15.9 Å². The molecule has 0 fully saturated rings. The first kappa shape index (κ1) is 19.6. The van der Waals surface area contributed by atoms with Gasteiger partial charge < -0.3 is 0 Å². The monoisotopic (exact) mass is 466 g/mol. The summed E-state index contributed by atoms with van der Waals surface area (Å²) in [4.78, 5) is 0. The van der Waals surface area contributed by atoms with E-state index in [0.717, 1.165) is 0 Å². The van der Waals surface area contributed by atoms with Gasteiger partial charge in [0.15, 0.2) is 0 Å². The fourth-order valence-electron chi connectivity index (χ4n) is 2.44. The molecule has 0 radical (unpaired) electrons. The normalized spacial score (nSPS) is 11.2. The lowest BCUT2D eigenvalue weighted by molar-refractivity contribution is 1.73. The molecule has 0 aliphatic carbocycles. The number of halogens is 6. The molecule has 3 aromatic rings. The standard InChI is InChI=1S/C18H9Cl6P/c19-10-4-1-5-11(20)16(10)25(17-12(21)6-2-7-13(17)22)18-14(23)8-3-9-15(18)24/h1-9H. The molecule has 0 bridgehead atoms. The average Bonchev–Trinajstić information content (AvgIpc) is 2.53. The van der Waals surface area contributed by atoms with E-state index in [1.165, 1.54) is 0 Å². The van der Waals surface area contributed by atoms with E-state index >= 15 is 0 Å². The molecule has 128 valence electrons. The zero-order valence-corrected chi connectivity index (χ0v) is 17.8. The maximum absolute atomic E-state index is 6.49. The molecule has 0 aliphatic heterocycles. The minimum absolute atomic E-state index is 0.505. The van der Waals surface area contributed by atoms with Gasteiger partial charge in [-0.05, 0) is 44.3 Å². The molecule has 0 atom stereocenters. The predicted molar refractivity (Wildman–Crippen MR) is 115 cm³/mol. The third kappa shape index (κ3) is 3.92. The van der Waals surface area contributed by atoms with E-state index in [1.54, 1.807) is 54.6 Å². The molecule has 3 rings (SSSR count). The third-order valence-corrected chi connectivity index (χ3v) is 8.95. The van der Waals surface area contributed by atoms with E-state index < -0.39 is 7.92 Å². The van der Waals surface area contributed by atoms with Gasteiger partial charge >= 0.3 is 0 Å². The van der Waals surface area contributed by atoms with Crippen LogP contribution >= 0.6 is 77.5 Å². The van der Waals surface area contributed by atoms with Crippen molar-refractivity contribution in [1.29, 1.82) is 0 Å². The Bertz CT molecular complexity index is 758. The lowest BCUT2D eigenvalue weighted by atomic mass is 10.3. The van der Waals surface area contributed by atoms with Crippen molar-refractivity contribution >= 4 is 93.4 Å². The van der Waals surface area contributed by atoms with Gasteiger partial charge in [0.05, 0.1) is 30.1 Å². The number of rotatable bonds is 3. The van der Waals surface area contributed by atoms with Crippen molar-refractivity contribution in [3.63, 3.8) is 0 Å². The highest BCUT2D eigenvalue weighted by Crippen LogP contribution is 2.45. The molecule has 0 nitrogen and oxygen atoms in total. The second-order valence-corrected chi connectivity index (χ2v) is 9.50. The van der Waals surface area contributed by atoms with Gasteiger partial charge in [-0.3, -0.25) is 0 Å². The summed E-state index contributed by atoms with van der Waals surface area (Å²) in [6.45, 7) is 0. The van der Waals surface area contributed by atoms with Gasteiger partial charge in [-0.1, -0.05) is 87.8 Å². The zero-order valence-electron chi connectivity index (χ0n) is 12.4. The first-order chi connectivity index (χ1) is 11.9. The van der Waals surface area contributed by atoms with Crippen molar-refractivity contribution in [1.82, 2.24) is 0 Å². The molecular formula is C18H9Cl6P. The molecule has 3 aromatic carbocycles. The first-order valence-corrected chi connectivity index (χ1v) is 10.6. The second-order valence-electron chi connectivity index (χ2n) is 5.05.